The SMILES string of the molecule is N#Cc1c(F)cccc1NCc1csc(-c2ccco2)n1. The van der Waals surface area contributed by atoms with Crippen molar-refractivity contribution in [1.29, 1.82) is 5.26 Å². The molecule has 0 aliphatic heterocycles. The fourth-order valence-electron chi connectivity index (χ4n) is 1.87. The Morgan fingerprint density at radius 1 is 1.33 bits per heavy atom. The molecule has 0 saturated carbocycles. The molecule has 0 atom stereocenters. The minimum atomic E-state index is -0.531. The molecule has 104 valence electrons. The zero-order valence-electron chi connectivity index (χ0n) is 10.8. The monoisotopic (exact) mass is 299 g/mol. The molecule has 6 heteroatoms. The molecular formula is C15H10FN3OS. The number of nitrogens with zero attached hydrogens (tertiary/aromatic N) is 2. The number of benzene rings is 1. The van der Waals surface area contributed by atoms with E-state index in [4.69, 9.17) is 9.68 Å². The van der Waals surface area contributed by atoms with Crippen LogP contribution in [-0.2, 0) is 6.54 Å². The predicted octanol–water partition coefficient (Wildman–Crippen LogP) is 4.03. The Balaban J connectivity index is 1.74. The summed E-state index contributed by atoms with van der Waals surface area (Å²) in [6.45, 7) is 0.412. The van der Waals surface area contributed by atoms with Gasteiger partial charge in [-0.3, -0.25) is 0 Å². The van der Waals surface area contributed by atoms with Crippen molar-refractivity contribution in [3.05, 3.63) is 59.0 Å². The second kappa shape index (κ2) is 5.77. The normalized spacial score (nSPS) is 10.3. The van der Waals surface area contributed by atoms with Gasteiger partial charge in [-0.15, -0.1) is 11.3 Å². The average Bonchev–Trinajstić information content (AvgIpc) is 3.16. The molecule has 2 aromatic heterocycles. The summed E-state index contributed by atoms with van der Waals surface area (Å²) in [6, 6.07) is 10.0. The van der Waals surface area contributed by atoms with Gasteiger partial charge < -0.3 is 9.73 Å². The lowest BCUT2D eigenvalue weighted by atomic mass is 10.2. The Morgan fingerprint density at radius 2 is 2.24 bits per heavy atom. The van der Waals surface area contributed by atoms with Crippen LogP contribution in [0.2, 0.25) is 0 Å². The van der Waals surface area contributed by atoms with Crippen LogP contribution in [0, 0.1) is 17.1 Å². The van der Waals surface area contributed by atoms with E-state index in [-0.39, 0.29) is 5.56 Å². The summed E-state index contributed by atoms with van der Waals surface area (Å²) in [5, 5.41) is 14.7. The summed E-state index contributed by atoms with van der Waals surface area (Å²) in [5.41, 5.74) is 1.28. The molecule has 1 N–H and O–H groups in total. The van der Waals surface area contributed by atoms with Gasteiger partial charge in [-0.1, -0.05) is 6.07 Å². The standard InChI is InChI=1S/C15H10FN3OS/c16-12-3-1-4-13(11(12)7-17)18-8-10-9-21-15(19-10)14-5-2-6-20-14/h1-6,9,18H,8H2. The van der Waals surface area contributed by atoms with Crippen LogP contribution >= 0.6 is 11.3 Å². The van der Waals surface area contributed by atoms with Gasteiger partial charge in [-0.2, -0.15) is 5.26 Å². The highest BCUT2D eigenvalue weighted by Crippen LogP contribution is 2.25. The number of anilines is 1. The molecular weight excluding hydrogens is 289 g/mol. The van der Waals surface area contributed by atoms with E-state index in [0.29, 0.717) is 12.2 Å². The lowest BCUT2D eigenvalue weighted by Gasteiger charge is -2.06. The van der Waals surface area contributed by atoms with E-state index in [1.807, 2.05) is 17.5 Å². The number of nitriles is 1. The van der Waals surface area contributed by atoms with Crippen LogP contribution in [0.25, 0.3) is 10.8 Å². The zero-order valence-corrected chi connectivity index (χ0v) is 11.7. The van der Waals surface area contributed by atoms with Crippen molar-refractivity contribution in [1.82, 2.24) is 4.98 Å². The molecule has 21 heavy (non-hydrogen) atoms. The van der Waals surface area contributed by atoms with Gasteiger partial charge in [0.2, 0.25) is 0 Å². The first-order valence-electron chi connectivity index (χ1n) is 6.18. The molecule has 0 fully saturated rings. The Hall–Kier alpha value is -2.65. The van der Waals surface area contributed by atoms with Gasteiger partial charge in [0, 0.05) is 5.38 Å². The van der Waals surface area contributed by atoms with Crippen molar-refractivity contribution in [2.24, 2.45) is 0 Å². The highest BCUT2D eigenvalue weighted by Gasteiger charge is 2.09. The minimum absolute atomic E-state index is 0.0130. The molecule has 0 radical (unpaired) electrons. The van der Waals surface area contributed by atoms with Crippen LogP contribution in [0.15, 0.2) is 46.4 Å². The van der Waals surface area contributed by atoms with Crippen molar-refractivity contribution < 1.29 is 8.81 Å². The van der Waals surface area contributed by atoms with Crippen molar-refractivity contribution in [3.63, 3.8) is 0 Å². The second-order valence-electron chi connectivity index (χ2n) is 4.25. The molecule has 3 rings (SSSR count). The quantitative estimate of drug-likeness (QED) is 0.790. The molecule has 0 amide bonds. The molecule has 0 spiro atoms. The molecule has 3 aromatic rings. The summed E-state index contributed by atoms with van der Waals surface area (Å²) in [6.07, 6.45) is 1.60. The molecule has 0 aliphatic carbocycles. The maximum atomic E-state index is 13.5. The summed E-state index contributed by atoms with van der Waals surface area (Å²) in [5.74, 6) is 0.187. The largest absolute Gasteiger partial charge is 0.462 e. The maximum absolute atomic E-state index is 13.5. The Bertz CT molecular complexity index is 790. The van der Waals surface area contributed by atoms with Gasteiger partial charge >= 0.3 is 0 Å². The number of nitrogens with one attached hydrogen (secondary N) is 1. The van der Waals surface area contributed by atoms with Gasteiger partial charge in [0.1, 0.15) is 17.4 Å². The number of rotatable bonds is 4. The molecule has 1 aromatic carbocycles. The number of thiazole rings is 1. The first-order valence-corrected chi connectivity index (χ1v) is 7.06. The topological polar surface area (TPSA) is 61.9 Å². The lowest BCUT2D eigenvalue weighted by molar-refractivity contribution is 0.581. The van der Waals surface area contributed by atoms with Crippen molar-refractivity contribution in [3.8, 4) is 16.8 Å². The van der Waals surface area contributed by atoms with E-state index < -0.39 is 5.82 Å². The van der Waals surface area contributed by atoms with Crippen LogP contribution in [0.3, 0.4) is 0 Å². The van der Waals surface area contributed by atoms with E-state index in [2.05, 4.69) is 10.3 Å². The van der Waals surface area contributed by atoms with Crippen LogP contribution in [0.5, 0.6) is 0 Å². The Kier molecular flexibility index (Phi) is 3.67. The van der Waals surface area contributed by atoms with E-state index in [1.165, 1.54) is 17.4 Å². The van der Waals surface area contributed by atoms with Gasteiger partial charge in [0.25, 0.3) is 0 Å². The number of furan rings is 1. The minimum Gasteiger partial charge on any atom is -0.462 e. The highest BCUT2D eigenvalue weighted by atomic mass is 32.1. The number of aromatic nitrogens is 1. The van der Waals surface area contributed by atoms with Gasteiger partial charge in [0.15, 0.2) is 10.8 Å². The highest BCUT2D eigenvalue weighted by molar-refractivity contribution is 7.13. The van der Waals surface area contributed by atoms with Crippen molar-refractivity contribution in [2.45, 2.75) is 6.54 Å². The molecule has 0 aliphatic rings. The first kappa shape index (κ1) is 13.3. The predicted molar refractivity (Wildman–Crippen MR) is 78.3 cm³/mol. The number of hydrogen-bond acceptors (Lipinski definition) is 5. The smallest absolute Gasteiger partial charge is 0.162 e. The lowest BCUT2D eigenvalue weighted by Crippen LogP contribution is -2.02. The molecule has 4 nitrogen and oxygen atoms in total. The van der Waals surface area contributed by atoms with Gasteiger partial charge in [-0.25, -0.2) is 9.37 Å². The number of halogens is 1. The third kappa shape index (κ3) is 2.78. The van der Waals surface area contributed by atoms with Crippen LogP contribution < -0.4 is 5.32 Å². The van der Waals surface area contributed by atoms with E-state index in [9.17, 15) is 4.39 Å². The maximum Gasteiger partial charge on any atom is 0.162 e. The summed E-state index contributed by atoms with van der Waals surface area (Å²) in [7, 11) is 0. The fourth-order valence-corrected chi connectivity index (χ4v) is 2.66. The molecule has 0 unspecified atom stereocenters. The van der Waals surface area contributed by atoms with Gasteiger partial charge in [-0.05, 0) is 24.3 Å². The third-order valence-corrected chi connectivity index (χ3v) is 3.77. The van der Waals surface area contributed by atoms with Crippen LogP contribution in [0.1, 0.15) is 11.3 Å². The summed E-state index contributed by atoms with van der Waals surface area (Å²) >= 11 is 1.47. The second-order valence-corrected chi connectivity index (χ2v) is 5.11. The first-order chi connectivity index (χ1) is 10.3. The van der Waals surface area contributed by atoms with Crippen LogP contribution in [0.4, 0.5) is 10.1 Å². The zero-order chi connectivity index (χ0) is 14.7. The Labute approximate surface area is 124 Å². The number of hydrogen-bond donors (Lipinski definition) is 1. The van der Waals surface area contributed by atoms with E-state index >= 15 is 0 Å². The fraction of sp³-hybridized carbons (Fsp3) is 0.0667. The summed E-state index contributed by atoms with van der Waals surface area (Å²) in [4.78, 5) is 4.43. The van der Waals surface area contributed by atoms with Gasteiger partial charge in [0.05, 0.1) is 24.2 Å². The van der Waals surface area contributed by atoms with E-state index in [0.717, 1.165) is 16.5 Å². The average molecular weight is 299 g/mol. The van der Waals surface area contributed by atoms with Crippen molar-refractivity contribution in [2.75, 3.05) is 5.32 Å². The third-order valence-electron chi connectivity index (χ3n) is 2.87. The molecule has 0 saturated heterocycles. The van der Waals surface area contributed by atoms with Crippen molar-refractivity contribution >= 4 is 17.0 Å². The molecule has 0 bridgehead atoms. The van der Waals surface area contributed by atoms with Crippen LogP contribution in [-0.4, -0.2) is 4.98 Å². The Morgan fingerprint density at radius 3 is 3.00 bits per heavy atom. The molecule has 2 heterocycles. The summed E-state index contributed by atoms with van der Waals surface area (Å²) < 4.78 is 18.8. The van der Waals surface area contributed by atoms with E-state index in [1.54, 1.807) is 24.5 Å².